The lowest BCUT2D eigenvalue weighted by Crippen LogP contribution is -2.42. The minimum Gasteiger partial charge on any atom is -0.370 e. The number of aliphatic imine (C=N–C) groups is 1. The van der Waals surface area contributed by atoms with Crippen LogP contribution in [0.5, 0.6) is 0 Å². The highest BCUT2D eigenvalue weighted by Crippen LogP contribution is 2.17. The topological polar surface area (TPSA) is 53.6 Å². The fourth-order valence-electron chi connectivity index (χ4n) is 2.11. The van der Waals surface area contributed by atoms with Crippen molar-refractivity contribution in [1.82, 2.24) is 10.2 Å². The van der Waals surface area contributed by atoms with Crippen LogP contribution in [-0.4, -0.2) is 43.1 Å². The zero-order valence-electron chi connectivity index (χ0n) is 12.1. The Morgan fingerprint density at radius 1 is 1.50 bits per heavy atom. The summed E-state index contributed by atoms with van der Waals surface area (Å²) in [5.41, 5.74) is 6.86. The van der Waals surface area contributed by atoms with Crippen molar-refractivity contribution in [2.75, 3.05) is 26.2 Å². The molecular formula is C14H28N4. The van der Waals surface area contributed by atoms with E-state index in [-0.39, 0.29) is 0 Å². The first-order chi connectivity index (χ1) is 8.49. The molecule has 18 heavy (non-hydrogen) atoms. The summed E-state index contributed by atoms with van der Waals surface area (Å²) in [7, 11) is 0. The third-order valence-electron chi connectivity index (χ3n) is 3.54. The molecule has 0 spiro atoms. The number of nitrogens with one attached hydrogen (secondary N) is 1. The number of rotatable bonds is 5. The van der Waals surface area contributed by atoms with Crippen LogP contribution in [0.15, 0.2) is 17.1 Å². The van der Waals surface area contributed by atoms with Crippen LogP contribution in [0.3, 0.4) is 0 Å². The summed E-state index contributed by atoms with van der Waals surface area (Å²) in [6.07, 6.45) is 2.61. The largest absolute Gasteiger partial charge is 0.370 e. The summed E-state index contributed by atoms with van der Waals surface area (Å²) in [6, 6.07) is 0.475. The van der Waals surface area contributed by atoms with Crippen molar-refractivity contribution >= 4 is 5.96 Å². The van der Waals surface area contributed by atoms with E-state index >= 15 is 0 Å². The predicted octanol–water partition coefficient (Wildman–Crippen LogP) is 1.59. The van der Waals surface area contributed by atoms with Gasteiger partial charge >= 0.3 is 0 Å². The van der Waals surface area contributed by atoms with Crippen LogP contribution in [0.2, 0.25) is 0 Å². The fraction of sp³-hybridized carbons (Fsp3) is 0.786. The normalized spacial score (nSPS) is 20.7. The monoisotopic (exact) mass is 252 g/mol. The van der Waals surface area contributed by atoms with Gasteiger partial charge in [-0.25, -0.2) is 0 Å². The fourth-order valence-corrected chi connectivity index (χ4v) is 2.11. The van der Waals surface area contributed by atoms with Crippen molar-refractivity contribution in [2.24, 2.45) is 16.6 Å². The molecule has 1 rings (SSSR count). The van der Waals surface area contributed by atoms with E-state index in [4.69, 9.17) is 5.73 Å². The van der Waals surface area contributed by atoms with Gasteiger partial charge < -0.3 is 11.1 Å². The van der Waals surface area contributed by atoms with E-state index < -0.39 is 0 Å². The first-order valence-corrected chi connectivity index (χ1v) is 6.91. The molecule has 0 radical (unpaired) electrons. The molecule has 4 heteroatoms. The van der Waals surface area contributed by atoms with E-state index in [1.165, 1.54) is 25.9 Å². The van der Waals surface area contributed by atoms with Crippen LogP contribution in [0.1, 0.15) is 33.6 Å². The molecular weight excluding hydrogens is 224 g/mol. The molecule has 0 bridgehead atoms. The molecule has 1 fully saturated rings. The first kappa shape index (κ1) is 15.0. The Kier molecular flexibility index (Phi) is 6.19. The zero-order valence-corrected chi connectivity index (χ0v) is 12.1. The Labute approximate surface area is 111 Å². The summed E-state index contributed by atoms with van der Waals surface area (Å²) in [6.45, 7) is 14.2. The van der Waals surface area contributed by atoms with E-state index in [2.05, 4.69) is 35.6 Å². The first-order valence-electron chi connectivity index (χ1n) is 6.91. The van der Waals surface area contributed by atoms with Crippen molar-refractivity contribution < 1.29 is 0 Å². The maximum atomic E-state index is 5.80. The molecule has 1 saturated heterocycles. The van der Waals surface area contributed by atoms with Crippen molar-refractivity contribution in [1.29, 1.82) is 0 Å². The second-order valence-corrected chi connectivity index (χ2v) is 5.60. The van der Waals surface area contributed by atoms with Gasteiger partial charge in [0.05, 0.1) is 6.54 Å². The standard InChI is InChI=1S/C14H28N4/c1-11(2)9-16-14(15)17-10-13(4)18-7-5-12(3)6-8-18/h12-13H,1,5-10H2,2-4H3,(H3,15,16,17). The molecule has 3 N–H and O–H groups in total. The van der Waals surface area contributed by atoms with E-state index in [1.807, 2.05) is 6.92 Å². The lowest BCUT2D eigenvalue weighted by Gasteiger charge is -2.34. The van der Waals surface area contributed by atoms with Gasteiger partial charge in [-0.3, -0.25) is 9.89 Å². The van der Waals surface area contributed by atoms with Crippen LogP contribution in [0.4, 0.5) is 0 Å². The molecule has 0 aromatic heterocycles. The minimum atomic E-state index is 0.475. The number of guanidine groups is 1. The molecule has 1 heterocycles. The molecule has 0 aromatic rings. The molecule has 0 amide bonds. The summed E-state index contributed by atoms with van der Waals surface area (Å²) in [4.78, 5) is 6.90. The van der Waals surface area contributed by atoms with Gasteiger partial charge in [0.25, 0.3) is 0 Å². The van der Waals surface area contributed by atoms with Crippen LogP contribution in [0, 0.1) is 5.92 Å². The van der Waals surface area contributed by atoms with Crippen molar-refractivity contribution in [3.05, 3.63) is 12.2 Å². The Bertz CT molecular complexity index is 290. The summed E-state index contributed by atoms with van der Waals surface area (Å²) >= 11 is 0. The Morgan fingerprint density at radius 3 is 2.67 bits per heavy atom. The average molecular weight is 252 g/mol. The number of hydrogen-bond donors (Lipinski definition) is 2. The van der Waals surface area contributed by atoms with Gasteiger partial charge in [-0.05, 0) is 45.7 Å². The maximum absolute atomic E-state index is 5.80. The second kappa shape index (κ2) is 7.41. The predicted molar refractivity (Wildman–Crippen MR) is 78.7 cm³/mol. The Morgan fingerprint density at radius 2 is 2.11 bits per heavy atom. The van der Waals surface area contributed by atoms with Gasteiger partial charge in [0, 0.05) is 12.6 Å². The highest BCUT2D eigenvalue weighted by atomic mass is 15.2. The number of hydrogen-bond acceptors (Lipinski definition) is 2. The van der Waals surface area contributed by atoms with E-state index in [0.29, 0.717) is 18.5 Å². The third kappa shape index (κ3) is 5.54. The molecule has 0 aromatic carbocycles. The van der Waals surface area contributed by atoms with Gasteiger partial charge in [0.2, 0.25) is 0 Å². The highest BCUT2D eigenvalue weighted by Gasteiger charge is 2.19. The van der Waals surface area contributed by atoms with E-state index in [9.17, 15) is 0 Å². The van der Waals surface area contributed by atoms with Gasteiger partial charge in [-0.15, -0.1) is 0 Å². The lowest BCUT2D eigenvalue weighted by molar-refractivity contribution is 0.150. The Hall–Kier alpha value is -1.03. The molecule has 4 nitrogen and oxygen atoms in total. The second-order valence-electron chi connectivity index (χ2n) is 5.60. The van der Waals surface area contributed by atoms with Gasteiger partial charge in [-0.2, -0.15) is 0 Å². The lowest BCUT2D eigenvalue weighted by atomic mass is 9.98. The highest BCUT2D eigenvalue weighted by molar-refractivity contribution is 5.78. The molecule has 104 valence electrons. The molecule has 0 saturated carbocycles. The number of likely N-dealkylation sites (tertiary alicyclic amines) is 1. The molecule has 1 unspecified atom stereocenters. The number of nitrogens with zero attached hydrogens (tertiary/aromatic N) is 2. The van der Waals surface area contributed by atoms with Gasteiger partial charge in [0.1, 0.15) is 0 Å². The van der Waals surface area contributed by atoms with Crippen LogP contribution in [0.25, 0.3) is 0 Å². The van der Waals surface area contributed by atoms with E-state index in [1.54, 1.807) is 0 Å². The zero-order chi connectivity index (χ0) is 13.5. The molecule has 1 aliphatic rings. The SMILES string of the molecule is C=C(C)CNC(N)=NCC(C)N1CCC(C)CC1. The summed E-state index contributed by atoms with van der Waals surface area (Å²) < 4.78 is 0. The van der Waals surface area contributed by atoms with Crippen LogP contribution in [-0.2, 0) is 0 Å². The summed E-state index contributed by atoms with van der Waals surface area (Å²) in [5.74, 6) is 1.40. The Balaban J connectivity index is 2.28. The van der Waals surface area contributed by atoms with Crippen molar-refractivity contribution in [3.8, 4) is 0 Å². The van der Waals surface area contributed by atoms with Crippen LogP contribution < -0.4 is 11.1 Å². The molecule has 1 atom stereocenters. The maximum Gasteiger partial charge on any atom is 0.188 e. The molecule has 0 aliphatic carbocycles. The number of nitrogens with two attached hydrogens (primary N) is 1. The minimum absolute atomic E-state index is 0.475. The van der Waals surface area contributed by atoms with Gasteiger partial charge in [0.15, 0.2) is 5.96 Å². The number of piperidine rings is 1. The van der Waals surface area contributed by atoms with Crippen molar-refractivity contribution in [3.63, 3.8) is 0 Å². The summed E-state index contributed by atoms with van der Waals surface area (Å²) in [5, 5.41) is 3.06. The van der Waals surface area contributed by atoms with Crippen molar-refractivity contribution in [2.45, 2.75) is 39.7 Å². The molecule has 1 aliphatic heterocycles. The average Bonchev–Trinajstić information content (AvgIpc) is 2.34. The van der Waals surface area contributed by atoms with Crippen LogP contribution >= 0.6 is 0 Å². The third-order valence-corrected chi connectivity index (χ3v) is 3.54. The van der Waals surface area contributed by atoms with Gasteiger partial charge in [-0.1, -0.05) is 19.1 Å². The smallest absolute Gasteiger partial charge is 0.188 e. The van der Waals surface area contributed by atoms with E-state index in [0.717, 1.165) is 18.0 Å². The quantitative estimate of drug-likeness (QED) is 0.444.